The van der Waals surface area contributed by atoms with Gasteiger partial charge >= 0.3 is 12.0 Å². The number of nitrogens with zero attached hydrogens (tertiary/aromatic N) is 1. The fraction of sp³-hybridized carbons (Fsp3) is 0.333. The van der Waals surface area contributed by atoms with Gasteiger partial charge in [-0.15, -0.1) is 0 Å². The smallest absolute Gasteiger partial charge is 0.329 e. The van der Waals surface area contributed by atoms with E-state index in [4.69, 9.17) is 16.7 Å². The highest BCUT2D eigenvalue weighted by Gasteiger charge is 2.35. The summed E-state index contributed by atoms with van der Waals surface area (Å²) in [5, 5.41) is 12.0. The molecule has 1 aromatic carbocycles. The molecule has 1 rings (SSSR count). The van der Waals surface area contributed by atoms with Crippen LogP contribution in [0.1, 0.15) is 13.8 Å². The maximum Gasteiger partial charge on any atom is 0.329 e. The fourth-order valence-corrected chi connectivity index (χ4v) is 1.72. The van der Waals surface area contributed by atoms with Gasteiger partial charge in [0.1, 0.15) is 5.54 Å². The highest BCUT2D eigenvalue weighted by molar-refractivity contribution is 9.10. The lowest BCUT2D eigenvalue weighted by Crippen LogP contribution is -2.52. The molecular formula is C12H14BrClN2O3. The van der Waals surface area contributed by atoms with Gasteiger partial charge in [-0.2, -0.15) is 0 Å². The number of hydrogen-bond acceptors (Lipinski definition) is 2. The molecule has 0 aliphatic rings. The SMILES string of the molecule is CN(C(=O)Nc1cc(Br)ccc1Cl)C(C)(C)C(=O)O. The molecule has 5 nitrogen and oxygen atoms in total. The monoisotopic (exact) mass is 348 g/mol. The van der Waals surface area contributed by atoms with Gasteiger partial charge in [-0.05, 0) is 32.0 Å². The van der Waals surface area contributed by atoms with Gasteiger partial charge in [0, 0.05) is 11.5 Å². The van der Waals surface area contributed by atoms with Crippen LogP contribution in [-0.4, -0.2) is 34.6 Å². The molecule has 0 aliphatic heterocycles. The van der Waals surface area contributed by atoms with Crippen LogP contribution in [-0.2, 0) is 4.79 Å². The Hall–Kier alpha value is -1.27. The van der Waals surface area contributed by atoms with Crippen molar-refractivity contribution >= 4 is 45.2 Å². The van der Waals surface area contributed by atoms with E-state index >= 15 is 0 Å². The number of carbonyl (C=O) groups is 2. The molecule has 0 saturated carbocycles. The van der Waals surface area contributed by atoms with E-state index < -0.39 is 17.5 Å². The van der Waals surface area contributed by atoms with E-state index in [-0.39, 0.29) is 0 Å². The minimum Gasteiger partial charge on any atom is -0.480 e. The summed E-state index contributed by atoms with van der Waals surface area (Å²) in [5.41, 5.74) is -0.906. The number of carboxylic acid groups (broad SMARTS) is 1. The first kappa shape index (κ1) is 15.8. The summed E-state index contributed by atoms with van der Waals surface area (Å²) in [6, 6.07) is 4.46. The van der Waals surface area contributed by atoms with Crippen molar-refractivity contribution in [3.8, 4) is 0 Å². The largest absolute Gasteiger partial charge is 0.480 e. The van der Waals surface area contributed by atoms with E-state index in [0.29, 0.717) is 10.7 Å². The Kier molecular flexibility index (Phi) is 4.81. The predicted molar refractivity (Wildman–Crippen MR) is 77.6 cm³/mol. The Morgan fingerprint density at radius 1 is 1.42 bits per heavy atom. The van der Waals surface area contributed by atoms with Crippen molar-refractivity contribution in [3.63, 3.8) is 0 Å². The molecule has 104 valence electrons. The molecule has 19 heavy (non-hydrogen) atoms. The number of aliphatic carboxylic acids is 1. The predicted octanol–water partition coefficient (Wildman–Crippen LogP) is 3.43. The average Bonchev–Trinajstić information content (AvgIpc) is 2.32. The van der Waals surface area contributed by atoms with Crippen LogP contribution in [0.2, 0.25) is 5.02 Å². The third-order valence-electron chi connectivity index (χ3n) is 2.84. The van der Waals surface area contributed by atoms with Crippen molar-refractivity contribution in [2.24, 2.45) is 0 Å². The minimum atomic E-state index is -1.32. The number of hydrogen-bond donors (Lipinski definition) is 2. The molecule has 2 N–H and O–H groups in total. The molecule has 0 aliphatic carbocycles. The first-order valence-electron chi connectivity index (χ1n) is 5.39. The quantitative estimate of drug-likeness (QED) is 0.878. The van der Waals surface area contributed by atoms with Crippen molar-refractivity contribution in [3.05, 3.63) is 27.7 Å². The topological polar surface area (TPSA) is 69.6 Å². The van der Waals surface area contributed by atoms with Crippen molar-refractivity contribution in [2.45, 2.75) is 19.4 Å². The Labute approximate surface area is 124 Å². The lowest BCUT2D eigenvalue weighted by molar-refractivity contribution is -0.146. The third-order valence-corrected chi connectivity index (χ3v) is 3.66. The van der Waals surface area contributed by atoms with Crippen LogP contribution >= 0.6 is 27.5 Å². The number of rotatable bonds is 3. The zero-order valence-corrected chi connectivity index (χ0v) is 13.0. The van der Waals surface area contributed by atoms with Crippen molar-refractivity contribution in [2.75, 3.05) is 12.4 Å². The van der Waals surface area contributed by atoms with Gasteiger partial charge in [0.25, 0.3) is 0 Å². The van der Waals surface area contributed by atoms with Gasteiger partial charge in [0.05, 0.1) is 10.7 Å². The van der Waals surface area contributed by atoms with E-state index in [1.165, 1.54) is 20.9 Å². The number of carbonyl (C=O) groups excluding carboxylic acids is 1. The van der Waals surface area contributed by atoms with Crippen LogP contribution in [0.4, 0.5) is 10.5 Å². The maximum absolute atomic E-state index is 12.0. The second-order valence-corrected chi connectivity index (χ2v) is 5.80. The van der Waals surface area contributed by atoms with Gasteiger partial charge in [-0.25, -0.2) is 9.59 Å². The van der Waals surface area contributed by atoms with Gasteiger partial charge in [-0.3, -0.25) is 0 Å². The van der Waals surface area contributed by atoms with E-state index in [0.717, 1.165) is 9.37 Å². The number of carboxylic acids is 1. The summed E-state index contributed by atoms with van der Waals surface area (Å²) in [7, 11) is 1.41. The molecule has 0 radical (unpaired) electrons. The summed E-state index contributed by atoms with van der Waals surface area (Å²) < 4.78 is 0.757. The number of urea groups is 1. The van der Waals surface area contributed by atoms with Crippen LogP contribution in [0.15, 0.2) is 22.7 Å². The Balaban J connectivity index is 2.91. The van der Waals surface area contributed by atoms with Gasteiger partial charge in [0.15, 0.2) is 0 Å². The summed E-state index contributed by atoms with van der Waals surface area (Å²) in [5.74, 6) is -1.09. The lowest BCUT2D eigenvalue weighted by Gasteiger charge is -2.31. The lowest BCUT2D eigenvalue weighted by atomic mass is 10.1. The molecule has 0 unspecified atom stereocenters. The molecule has 2 amide bonds. The Morgan fingerprint density at radius 2 is 2.00 bits per heavy atom. The first-order valence-corrected chi connectivity index (χ1v) is 6.56. The number of anilines is 1. The summed E-state index contributed by atoms with van der Waals surface area (Å²) in [6.07, 6.45) is 0. The van der Waals surface area contributed by atoms with Crippen LogP contribution in [0.25, 0.3) is 0 Å². The van der Waals surface area contributed by atoms with Crippen molar-refractivity contribution < 1.29 is 14.7 Å². The van der Waals surface area contributed by atoms with E-state index in [1.54, 1.807) is 18.2 Å². The average molecular weight is 350 g/mol. The zero-order chi connectivity index (χ0) is 14.8. The number of likely N-dealkylation sites (N-methyl/N-ethyl adjacent to an activating group) is 1. The van der Waals surface area contributed by atoms with Crippen molar-refractivity contribution in [1.29, 1.82) is 0 Å². The standard InChI is InChI=1S/C12H14BrClN2O3/c1-12(2,10(17)18)16(3)11(19)15-9-6-7(13)4-5-8(9)14/h4-6H,1-3H3,(H,15,19)(H,17,18). The van der Waals surface area contributed by atoms with Crippen LogP contribution < -0.4 is 5.32 Å². The number of benzene rings is 1. The molecule has 1 aromatic rings. The highest BCUT2D eigenvalue weighted by Crippen LogP contribution is 2.26. The number of halogens is 2. The summed E-state index contributed by atoms with van der Waals surface area (Å²) in [4.78, 5) is 24.2. The first-order chi connectivity index (χ1) is 8.66. The normalized spacial score (nSPS) is 11.0. The molecule has 0 heterocycles. The molecule has 0 fully saturated rings. The van der Waals surface area contributed by atoms with E-state index in [9.17, 15) is 9.59 Å². The molecule has 0 atom stereocenters. The molecular weight excluding hydrogens is 336 g/mol. The molecule has 0 saturated heterocycles. The minimum absolute atomic E-state index is 0.373. The second-order valence-electron chi connectivity index (χ2n) is 4.48. The maximum atomic E-state index is 12.0. The van der Waals surface area contributed by atoms with Crippen molar-refractivity contribution in [1.82, 2.24) is 4.90 Å². The van der Waals surface area contributed by atoms with E-state index in [1.807, 2.05) is 0 Å². The third kappa shape index (κ3) is 3.61. The van der Waals surface area contributed by atoms with Gasteiger partial charge < -0.3 is 15.3 Å². The molecule has 7 heteroatoms. The highest BCUT2D eigenvalue weighted by atomic mass is 79.9. The van der Waals surface area contributed by atoms with Crippen LogP contribution in [0.5, 0.6) is 0 Å². The number of nitrogens with one attached hydrogen (secondary N) is 1. The summed E-state index contributed by atoms with van der Waals surface area (Å²) >= 11 is 9.22. The van der Waals surface area contributed by atoms with Crippen LogP contribution in [0, 0.1) is 0 Å². The summed E-state index contributed by atoms with van der Waals surface area (Å²) in [6.45, 7) is 2.88. The number of amides is 2. The van der Waals surface area contributed by atoms with Gasteiger partial charge in [-0.1, -0.05) is 27.5 Å². The fourth-order valence-electron chi connectivity index (χ4n) is 1.19. The van der Waals surface area contributed by atoms with Gasteiger partial charge in [0.2, 0.25) is 0 Å². The Bertz CT molecular complexity index is 520. The second kappa shape index (κ2) is 5.79. The van der Waals surface area contributed by atoms with Crippen LogP contribution in [0.3, 0.4) is 0 Å². The Morgan fingerprint density at radius 3 is 2.53 bits per heavy atom. The zero-order valence-electron chi connectivity index (χ0n) is 10.7. The molecule has 0 aromatic heterocycles. The molecule has 0 bridgehead atoms. The molecule has 0 spiro atoms. The van der Waals surface area contributed by atoms with E-state index in [2.05, 4.69) is 21.2 Å².